The van der Waals surface area contributed by atoms with Crippen molar-refractivity contribution in [2.24, 2.45) is 0 Å². The van der Waals surface area contributed by atoms with Crippen molar-refractivity contribution in [3.8, 4) is 46.7 Å². The van der Waals surface area contributed by atoms with Gasteiger partial charge >= 0.3 is 0 Å². The topological polar surface area (TPSA) is 36.9 Å². The van der Waals surface area contributed by atoms with Crippen LogP contribution in [0.2, 0.25) is 0 Å². The van der Waals surface area contributed by atoms with Crippen molar-refractivity contribution in [3.05, 3.63) is 82.9 Å². The molecule has 2 heterocycles. The number of rotatable bonds is 0. The van der Waals surface area contributed by atoms with Gasteiger partial charge < -0.3 is 18.9 Å². The maximum Gasteiger partial charge on any atom is 0.231 e. The normalized spacial score (nSPS) is 12.6. The Kier molecular flexibility index (Phi) is 4.01. The van der Waals surface area contributed by atoms with E-state index in [2.05, 4.69) is 23.7 Å². The van der Waals surface area contributed by atoms with Crippen LogP contribution in [0.15, 0.2) is 60.7 Å². The summed E-state index contributed by atoms with van der Waals surface area (Å²) >= 11 is 0. The summed E-state index contributed by atoms with van der Waals surface area (Å²) in [6, 6.07) is 19.2. The lowest BCUT2D eigenvalue weighted by atomic mass is 10.1. The third-order valence-corrected chi connectivity index (χ3v) is 4.31. The average molecular weight is 366 g/mol. The van der Waals surface area contributed by atoms with Crippen LogP contribution in [0.25, 0.3) is 0 Å². The molecule has 0 fully saturated rings. The molecule has 2 aliphatic rings. The van der Waals surface area contributed by atoms with E-state index in [9.17, 15) is 0 Å². The molecule has 3 aromatic carbocycles. The maximum absolute atomic E-state index is 5.39. The second kappa shape index (κ2) is 6.95. The first-order valence-corrected chi connectivity index (χ1v) is 8.77. The predicted molar refractivity (Wildman–Crippen MR) is 104 cm³/mol. The van der Waals surface area contributed by atoms with Gasteiger partial charge in [0, 0.05) is 22.3 Å². The Morgan fingerprint density at radius 1 is 0.464 bits per heavy atom. The smallest absolute Gasteiger partial charge is 0.231 e. The summed E-state index contributed by atoms with van der Waals surface area (Å²) in [5.74, 6) is 15.6. The minimum atomic E-state index is 0.260. The highest BCUT2D eigenvalue weighted by atomic mass is 16.7. The third-order valence-electron chi connectivity index (χ3n) is 4.31. The van der Waals surface area contributed by atoms with E-state index in [1.54, 1.807) is 0 Å². The fourth-order valence-corrected chi connectivity index (χ4v) is 2.91. The summed E-state index contributed by atoms with van der Waals surface area (Å²) in [5.41, 5.74) is 3.55. The molecule has 0 spiro atoms. The van der Waals surface area contributed by atoms with Gasteiger partial charge in [0.15, 0.2) is 23.0 Å². The van der Waals surface area contributed by atoms with Crippen molar-refractivity contribution in [2.75, 3.05) is 13.6 Å². The number of hydrogen-bond acceptors (Lipinski definition) is 4. The second-order valence-corrected chi connectivity index (χ2v) is 6.22. The molecule has 4 heteroatoms. The quantitative estimate of drug-likeness (QED) is 0.565. The van der Waals surface area contributed by atoms with Crippen LogP contribution in [0.5, 0.6) is 23.0 Å². The highest BCUT2D eigenvalue weighted by molar-refractivity contribution is 5.54. The van der Waals surface area contributed by atoms with Gasteiger partial charge in [-0.2, -0.15) is 0 Å². The summed E-state index contributed by atoms with van der Waals surface area (Å²) in [6.45, 7) is 0.520. The molecule has 0 saturated heterocycles. The molecular formula is C24H14O4. The number of hydrogen-bond donors (Lipinski definition) is 0. The van der Waals surface area contributed by atoms with E-state index in [4.69, 9.17) is 18.9 Å². The molecule has 0 saturated carbocycles. The second-order valence-electron chi connectivity index (χ2n) is 6.22. The van der Waals surface area contributed by atoms with Crippen LogP contribution in [-0.2, 0) is 0 Å². The zero-order chi connectivity index (χ0) is 18.8. The van der Waals surface area contributed by atoms with E-state index in [0.29, 0.717) is 0 Å². The van der Waals surface area contributed by atoms with Crippen LogP contribution in [-0.4, -0.2) is 13.6 Å². The van der Waals surface area contributed by atoms with Gasteiger partial charge in [-0.3, -0.25) is 0 Å². The summed E-state index contributed by atoms with van der Waals surface area (Å²) < 4.78 is 21.4. The summed E-state index contributed by atoms with van der Waals surface area (Å²) in [6.07, 6.45) is 0. The van der Waals surface area contributed by atoms with Crippen molar-refractivity contribution >= 4 is 0 Å². The molecule has 0 aromatic heterocycles. The number of benzene rings is 3. The van der Waals surface area contributed by atoms with Gasteiger partial charge in [0.1, 0.15) is 0 Å². The SMILES string of the molecule is C(#Cc1ccc2c(c1)OCO2)c1cccc(C#Cc2ccc3c(c2)OCO3)c1. The number of fused-ring (bicyclic) bond motifs is 2. The van der Waals surface area contributed by atoms with E-state index in [0.717, 1.165) is 45.3 Å². The number of ether oxygens (including phenoxy) is 4. The zero-order valence-electron chi connectivity index (χ0n) is 14.8. The third kappa shape index (κ3) is 3.32. The Morgan fingerprint density at radius 3 is 1.39 bits per heavy atom. The molecule has 4 nitrogen and oxygen atoms in total. The van der Waals surface area contributed by atoms with Crippen LogP contribution in [0, 0.1) is 23.7 Å². The Balaban J connectivity index is 1.36. The van der Waals surface area contributed by atoms with Gasteiger partial charge in [-0.15, -0.1) is 0 Å². The summed E-state index contributed by atoms with van der Waals surface area (Å²) in [5, 5.41) is 0. The van der Waals surface area contributed by atoms with Crippen LogP contribution >= 0.6 is 0 Å². The Hall–Kier alpha value is -4.02. The zero-order valence-corrected chi connectivity index (χ0v) is 14.8. The Morgan fingerprint density at radius 2 is 0.893 bits per heavy atom. The predicted octanol–water partition coefficient (Wildman–Crippen LogP) is 3.94. The first-order chi connectivity index (χ1) is 13.8. The molecule has 134 valence electrons. The lowest BCUT2D eigenvalue weighted by molar-refractivity contribution is 0.173. The highest BCUT2D eigenvalue weighted by Gasteiger charge is 2.13. The van der Waals surface area contributed by atoms with Gasteiger partial charge in [0.25, 0.3) is 0 Å². The van der Waals surface area contributed by atoms with E-state index in [-0.39, 0.29) is 13.6 Å². The fraction of sp³-hybridized carbons (Fsp3) is 0.0833. The first kappa shape index (κ1) is 16.2. The highest BCUT2D eigenvalue weighted by Crippen LogP contribution is 2.33. The minimum absolute atomic E-state index is 0.260. The molecule has 5 rings (SSSR count). The van der Waals surface area contributed by atoms with Gasteiger partial charge in [-0.1, -0.05) is 29.7 Å². The van der Waals surface area contributed by atoms with Crippen LogP contribution < -0.4 is 18.9 Å². The molecule has 0 amide bonds. The van der Waals surface area contributed by atoms with Crippen molar-refractivity contribution in [3.63, 3.8) is 0 Å². The van der Waals surface area contributed by atoms with E-state index in [1.807, 2.05) is 60.7 Å². The van der Waals surface area contributed by atoms with Crippen molar-refractivity contribution in [2.45, 2.75) is 0 Å². The van der Waals surface area contributed by atoms with Crippen molar-refractivity contribution in [1.29, 1.82) is 0 Å². The van der Waals surface area contributed by atoms with E-state index in [1.165, 1.54) is 0 Å². The molecule has 0 aliphatic carbocycles. The monoisotopic (exact) mass is 366 g/mol. The standard InChI is InChI=1S/C24H14O4/c1-2-17(4-6-19-8-10-21-23(13-19)27-15-25-21)12-18(3-1)5-7-20-9-11-22-24(14-20)28-16-26-22/h1-3,8-14H,15-16H2. The summed E-state index contributed by atoms with van der Waals surface area (Å²) in [7, 11) is 0. The Labute approximate surface area is 162 Å². The molecule has 28 heavy (non-hydrogen) atoms. The van der Waals surface area contributed by atoms with Crippen LogP contribution in [0.4, 0.5) is 0 Å². The molecule has 0 radical (unpaired) electrons. The molecule has 0 unspecified atom stereocenters. The van der Waals surface area contributed by atoms with Gasteiger partial charge in [-0.05, 0) is 54.6 Å². The van der Waals surface area contributed by atoms with Crippen LogP contribution in [0.1, 0.15) is 22.3 Å². The Bertz CT molecular complexity index is 1100. The average Bonchev–Trinajstić information content (AvgIpc) is 3.39. The van der Waals surface area contributed by atoms with Crippen molar-refractivity contribution in [1.82, 2.24) is 0 Å². The maximum atomic E-state index is 5.39. The molecule has 2 aliphatic heterocycles. The summed E-state index contributed by atoms with van der Waals surface area (Å²) in [4.78, 5) is 0. The molecular weight excluding hydrogens is 352 g/mol. The minimum Gasteiger partial charge on any atom is -0.454 e. The van der Waals surface area contributed by atoms with E-state index >= 15 is 0 Å². The van der Waals surface area contributed by atoms with Gasteiger partial charge in [0.2, 0.25) is 13.6 Å². The van der Waals surface area contributed by atoms with E-state index < -0.39 is 0 Å². The van der Waals surface area contributed by atoms with Gasteiger partial charge in [0.05, 0.1) is 0 Å². The van der Waals surface area contributed by atoms with Crippen LogP contribution in [0.3, 0.4) is 0 Å². The lowest BCUT2D eigenvalue weighted by Crippen LogP contribution is -1.92. The molecule has 3 aromatic rings. The molecule has 0 bridgehead atoms. The molecule has 0 N–H and O–H groups in total. The van der Waals surface area contributed by atoms with Crippen molar-refractivity contribution < 1.29 is 18.9 Å². The largest absolute Gasteiger partial charge is 0.454 e. The lowest BCUT2D eigenvalue weighted by Gasteiger charge is -1.96. The van der Waals surface area contributed by atoms with Gasteiger partial charge in [-0.25, -0.2) is 0 Å². The first-order valence-electron chi connectivity index (χ1n) is 8.77. The fourth-order valence-electron chi connectivity index (χ4n) is 2.91. The molecule has 0 atom stereocenters.